The lowest BCUT2D eigenvalue weighted by Gasteiger charge is -2.15. The maximum Gasteiger partial charge on any atom is 0.304 e. The van der Waals surface area contributed by atoms with Crippen molar-refractivity contribution in [2.45, 2.75) is 52.1 Å². The molecule has 39 heavy (non-hydrogen) atoms. The van der Waals surface area contributed by atoms with Crippen molar-refractivity contribution in [1.29, 1.82) is 0 Å². The van der Waals surface area contributed by atoms with Crippen molar-refractivity contribution in [3.63, 3.8) is 0 Å². The molecule has 4 rings (SSSR count). The number of carboxylic acids is 1. The van der Waals surface area contributed by atoms with Crippen LogP contribution in [0.15, 0.2) is 66.0 Å². The quantitative estimate of drug-likeness (QED) is 0.153. The summed E-state index contributed by atoms with van der Waals surface area (Å²) in [5.41, 5.74) is 6.49. The summed E-state index contributed by atoms with van der Waals surface area (Å²) in [6.07, 6.45) is 0.583. The molecular formula is C32H31O5S2-. The first-order valence-electron chi connectivity index (χ1n) is 12.8. The van der Waals surface area contributed by atoms with Crippen LogP contribution in [-0.2, 0) is 22.5 Å². The van der Waals surface area contributed by atoms with Gasteiger partial charge in [0.2, 0.25) is 0 Å². The molecule has 0 fully saturated rings. The number of fused-ring (bicyclic) bond motifs is 1. The zero-order chi connectivity index (χ0) is 27.9. The summed E-state index contributed by atoms with van der Waals surface area (Å²) in [6, 6.07) is 20.3. The lowest BCUT2D eigenvalue weighted by molar-refractivity contribution is -0.137. The van der Waals surface area contributed by atoms with Crippen LogP contribution < -0.4 is 4.74 Å². The number of carboxylic acid groups (broad SMARTS) is 1. The normalized spacial score (nSPS) is 13.3. The SMILES string of the molecule is CC#CC(CC(=O)O)c1ccc(COc2ccc3scc(-c4ccc(C(C)CCS(=O)[O-])cc4C)c3c2)cc1. The van der Waals surface area contributed by atoms with E-state index in [9.17, 15) is 13.6 Å². The van der Waals surface area contributed by atoms with Gasteiger partial charge in [-0.25, -0.2) is 0 Å². The van der Waals surface area contributed by atoms with Gasteiger partial charge in [0.1, 0.15) is 12.4 Å². The van der Waals surface area contributed by atoms with Crippen molar-refractivity contribution in [3.05, 3.63) is 88.3 Å². The van der Waals surface area contributed by atoms with Crippen LogP contribution in [0.25, 0.3) is 21.2 Å². The van der Waals surface area contributed by atoms with Crippen LogP contribution in [0, 0.1) is 18.8 Å². The zero-order valence-electron chi connectivity index (χ0n) is 22.2. The maximum absolute atomic E-state index is 11.2. The average molecular weight is 560 g/mol. The number of thiophene rings is 1. The van der Waals surface area contributed by atoms with E-state index in [1.165, 1.54) is 4.70 Å². The van der Waals surface area contributed by atoms with E-state index in [0.717, 1.165) is 44.5 Å². The van der Waals surface area contributed by atoms with Gasteiger partial charge in [-0.2, -0.15) is 0 Å². The Morgan fingerprint density at radius 3 is 2.49 bits per heavy atom. The van der Waals surface area contributed by atoms with Crippen molar-refractivity contribution < 1.29 is 23.4 Å². The summed E-state index contributed by atoms with van der Waals surface area (Å²) < 4.78 is 29.2. The highest BCUT2D eigenvalue weighted by atomic mass is 32.2. The molecule has 0 aliphatic carbocycles. The Balaban J connectivity index is 1.49. The van der Waals surface area contributed by atoms with Gasteiger partial charge in [-0.15, -0.1) is 17.3 Å². The number of benzene rings is 3. The van der Waals surface area contributed by atoms with Crippen molar-refractivity contribution in [2.24, 2.45) is 0 Å². The van der Waals surface area contributed by atoms with E-state index in [1.807, 2.05) is 30.3 Å². The number of carbonyl (C=O) groups is 1. The van der Waals surface area contributed by atoms with Gasteiger partial charge in [0.25, 0.3) is 0 Å². The first kappa shape index (κ1) is 28.6. The molecule has 0 radical (unpaired) electrons. The first-order valence-corrected chi connectivity index (χ1v) is 14.9. The van der Waals surface area contributed by atoms with Crippen LogP contribution in [0.5, 0.6) is 5.75 Å². The Morgan fingerprint density at radius 2 is 1.82 bits per heavy atom. The fraction of sp³-hybridized carbons (Fsp3) is 0.281. The highest BCUT2D eigenvalue weighted by Crippen LogP contribution is 2.38. The predicted octanol–water partition coefficient (Wildman–Crippen LogP) is 7.41. The molecule has 0 spiro atoms. The number of ether oxygens (including phenoxy) is 1. The third kappa shape index (κ3) is 7.36. The van der Waals surface area contributed by atoms with Crippen molar-refractivity contribution >= 4 is 38.5 Å². The summed E-state index contributed by atoms with van der Waals surface area (Å²) in [6.45, 7) is 6.27. The molecule has 0 saturated carbocycles. The third-order valence-electron chi connectivity index (χ3n) is 6.86. The Kier molecular flexibility index (Phi) is 9.58. The summed E-state index contributed by atoms with van der Waals surface area (Å²) in [7, 11) is 0. The molecular weight excluding hydrogens is 528 g/mol. The van der Waals surface area contributed by atoms with E-state index in [0.29, 0.717) is 13.0 Å². The Hall–Kier alpha value is -3.44. The van der Waals surface area contributed by atoms with E-state index in [4.69, 9.17) is 9.84 Å². The van der Waals surface area contributed by atoms with Crippen molar-refractivity contribution in [2.75, 3.05) is 5.75 Å². The molecule has 5 nitrogen and oxygen atoms in total. The first-order chi connectivity index (χ1) is 18.7. The highest BCUT2D eigenvalue weighted by Gasteiger charge is 2.14. The predicted molar refractivity (Wildman–Crippen MR) is 158 cm³/mol. The fourth-order valence-electron chi connectivity index (χ4n) is 4.66. The number of aliphatic carboxylic acids is 1. The molecule has 0 bridgehead atoms. The molecule has 1 aromatic heterocycles. The van der Waals surface area contributed by atoms with E-state index < -0.39 is 17.0 Å². The third-order valence-corrected chi connectivity index (χ3v) is 8.39. The van der Waals surface area contributed by atoms with Crippen LogP contribution in [0.2, 0.25) is 0 Å². The monoisotopic (exact) mass is 559 g/mol. The van der Waals surface area contributed by atoms with E-state index in [-0.39, 0.29) is 24.0 Å². The molecule has 0 amide bonds. The zero-order valence-corrected chi connectivity index (χ0v) is 23.9. The molecule has 202 valence electrons. The van der Waals surface area contributed by atoms with Gasteiger partial charge >= 0.3 is 5.97 Å². The largest absolute Gasteiger partial charge is 0.772 e. The second kappa shape index (κ2) is 13.1. The number of aryl methyl sites for hydroxylation is 1. The molecule has 3 unspecified atom stereocenters. The van der Waals surface area contributed by atoms with Gasteiger partial charge in [0.15, 0.2) is 0 Å². The van der Waals surface area contributed by atoms with Crippen molar-refractivity contribution in [1.82, 2.24) is 0 Å². The minimum Gasteiger partial charge on any atom is -0.772 e. The lowest BCUT2D eigenvalue weighted by Crippen LogP contribution is -2.05. The topological polar surface area (TPSA) is 86.7 Å². The molecule has 0 aliphatic rings. The Labute approximate surface area is 236 Å². The van der Waals surface area contributed by atoms with Gasteiger partial charge in [0, 0.05) is 21.4 Å². The maximum atomic E-state index is 11.2. The smallest absolute Gasteiger partial charge is 0.304 e. The van der Waals surface area contributed by atoms with Gasteiger partial charge in [-0.05, 0) is 77.6 Å². The van der Waals surface area contributed by atoms with Crippen LogP contribution >= 0.6 is 11.3 Å². The molecule has 1 N–H and O–H groups in total. The highest BCUT2D eigenvalue weighted by molar-refractivity contribution is 7.79. The molecule has 0 aliphatic heterocycles. The Morgan fingerprint density at radius 1 is 1.08 bits per heavy atom. The van der Waals surface area contributed by atoms with E-state index in [2.05, 4.69) is 61.4 Å². The number of rotatable bonds is 11. The minimum absolute atomic E-state index is 0.0234. The van der Waals surface area contributed by atoms with Gasteiger partial charge < -0.3 is 14.4 Å². The molecule has 1 heterocycles. The summed E-state index contributed by atoms with van der Waals surface area (Å²) >= 11 is -0.319. The summed E-state index contributed by atoms with van der Waals surface area (Å²) in [4.78, 5) is 11.2. The molecule has 3 atom stereocenters. The molecule has 7 heteroatoms. The van der Waals surface area contributed by atoms with Crippen molar-refractivity contribution in [3.8, 4) is 28.7 Å². The Bertz CT molecular complexity index is 1540. The lowest BCUT2D eigenvalue weighted by atomic mass is 9.92. The summed E-state index contributed by atoms with van der Waals surface area (Å²) in [5.74, 6) is 5.73. The number of hydrogen-bond acceptors (Lipinski definition) is 5. The van der Waals surface area contributed by atoms with E-state index >= 15 is 0 Å². The van der Waals surface area contributed by atoms with Crippen LogP contribution in [0.3, 0.4) is 0 Å². The minimum atomic E-state index is -2.02. The standard InChI is InChI=1S/C32H32O5S2/c1-4-5-26(17-32(33)34)24-8-6-23(7-9-24)19-37-27-11-13-31-29(18-27)30(20-38-31)28-12-10-25(16-22(28)3)21(2)14-15-39(35)36/h6-13,16,18,20-21,26H,14-15,17,19H2,1-3H3,(H,33,34)(H,35,36)/p-1. The molecule has 3 aromatic carbocycles. The van der Waals surface area contributed by atoms with Crippen LogP contribution in [0.4, 0.5) is 0 Å². The second-order valence-electron chi connectivity index (χ2n) is 9.65. The van der Waals surface area contributed by atoms with Gasteiger partial charge in [0.05, 0.1) is 12.3 Å². The van der Waals surface area contributed by atoms with Gasteiger partial charge in [-0.1, -0.05) is 66.4 Å². The molecule has 4 aromatic rings. The van der Waals surface area contributed by atoms with Crippen LogP contribution in [0.1, 0.15) is 60.8 Å². The second-order valence-corrected chi connectivity index (χ2v) is 11.6. The summed E-state index contributed by atoms with van der Waals surface area (Å²) in [5, 5.41) is 12.5. The van der Waals surface area contributed by atoms with Gasteiger partial charge in [-0.3, -0.25) is 9.00 Å². The fourth-order valence-corrected chi connectivity index (χ4v) is 6.14. The van der Waals surface area contributed by atoms with Crippen LogP contribution in [-0.4, -0.2) is 25.6 Å². The average Bonchev–Trinajstić information content (AvgIpc) is 3.33. The van der Waals surface area contributed by atoms with E-state index in [1.54, 1.807) is 18.3 Å². The molecule has 0 saturated heterocycles. The number of hydrogen-bond donors (Lipinski definition) is 1.